The third kappa shape index (κ3) is 4.13. The van der Waals surface area contributed by atoms with Gasteiger partial charge in [-0.2, -0.15) is 13.2 Å². The van der Waals surface area contributed by atoms with Crippen molar-refractivity contribution in [2.45, 2.75) is 41.6 Å². The van der Waals surface area contributed by atoms with Gasteiger partial charge in [-0.1, -0.05) is 35.4 Å². The van der Waals surface area contributed by atoms with Gasteiger partial charge in [0.15, 0.2) is 14.7 Å². The lowest BCUT2D eigenvalue weighted by atomic mass is 10.1. The fourth-order valence-electron chi connectivity index (χ4n) is 2.79. The molecule has 0 N–H and O–H groups in total. The van der Waals surface area contributed by atoms with Gasteiger partial charge >= 0.3 is 6.18 Å². The van der Waals surface area contributed by atoms with Gasteiger partial charge in [-0.25, -0.2) is 0 Å². The molecule has 0 aliphatic rings. The zero-order valence-electron chi connectivity index (χ0n) is 14.9. The van der Waals surface area contributed by atoms with Gasteiger partial charge in [0.1, 0.15) is 0 Å². The van der Waals surface area contributed by atoms with Crippen molar-refractivity contribution in [1.29, 1.82) is 0 Å². The van der Waals surface area contributed by atoms with E-state index in [1.54, 1.807) is 6.92 Å². The van der Waals surface area contributed by atoms with E-state index in [1.807, 2.05) is 68.4 Å². The van der Waals surface area contributed by atoms with Crippen LogP contribution in [-0.2, 0) is 17.1 Å². The minimum absolute atomic E-state index is 0.587. The van der Waals surface area contributed by atoms with Crippen LogP contribution in [0.5, 0.6) is 0 Å². The molecule has 0 spiro atoms. The molecule has 0 amide bonds. The van der Waals surface area contributed by atoms with Crippen LogP contribution >= 0.6 is 0 Å². The molecule has 4 heteroatoms. The number of halogens is 3. The normalized spacial score (nSPS) is 11.8. The number of rotatable bonds is 3. The van der Waals surface area contributed by atoms with Crippen LogP contribution in [0.1, 0.15) is 22.3 Å². The molecule has 0 unspecified atom stereocenters. The zero-order chi connectivity index (χ0) is 18.9. The standard InChI is InChI=1S/C22H20F3S/c1-15-4-8-19(9-5-15)26(20-10-6-16(2)7-11-20)21-13-17(3)12-18(14-21)22(23,24)25/h4-14H,1-3H3/q+1. The van der Waals surface area contributed by atoms with E-state index in [0.29, 0.717) is 10.5 Å². The van der Waals surface area contributed by atoms with Crippen LogP contribution in [0.25, 0.3) is 0 Å². The van der Waals surface area contributed by atoms with E-state index >= 15 is 0 Å². The average Bonchev–Trinajstić information content (AvgIpc) is 2.57. The van der Waals surface area contributed by atoms with E-state index < -0.39 is 22.6 Å². The Bertz CT molecular complexity index is 849. The molecular weight excluding hydrogens is 353 g/mol. The molecule has 0 radical (unpaired) electrons. The zero-order valence-corrected chi connectivity index (χ0v) is 15.7. The van der Waals surface area contributed by atoms with Crippen molar-refractivity contribution in [3.63, 3.8) is 0 Å². The molecule has 0 heterocycles. The van der Waals surface area contributed by atoms with E-state index in [-0.39, 0.29) is 0 Å². The van der Waals surface area contributed by atoms with Crippen molar-refractivity contribution in [1.82, 2.24) is 0 Å². The van der Waals surface area contributed by atoms with E-state index in [2.05, 4.69) is 0 Å². The second-order valence-corrected chi connectivity index (χ2v) is 8.49. The third-order valence-corrected chi connectivity index (χ3v) is 6.32. The van der Waals surface area contributed by atoms with Crippen molar-refractivity contribution in [2.24, 2.45) is 0 Å². The summed E-state index contributed by atoms with van der Waals surface area (Å²) in [6, 6.07) is 20.4. The number of alkyl halides is 3. The minimum atomic E-state index is -4.35. The summed E-state index contributed by atoms with van der Waals surface area (Å²) in [4.78, 5) is 2.71. The van der Waals surface area contributed by atoms with Crippen molar-refractivity contribution < 1.29 is 13.2 Å². The molecular formula is C22H20F3S+. The molecule has 134 valence electrons. The van der Waals surface area contributed by atoms with Crippen LogP contribution in [0.4, 0.5) is 13.2 Å². The van der Waals surface area contributed by atoms with E-state index in [9.17, 15) is 13.2 Å². The molecule has 3 aromatic rings. The molecule has 3 aromatic carbocycles. The maximum Gasteiger partial charge on any atom is 0.416 e. The van der Waals surface area contributed by atoms with Gasteiger partial charge in [0.25, 0.3) is 0 Å². The van der Waals surface area contributed by atoms with Crippen LogP contribution in [0, 0.1) is 20.8 Å². The molecule has 26 heavy (non-hydrogen) atoms. The SMILES string of the molecule is Cc1ccc([S+](c2ccc(C)cc2)c2cc(C)cc(C(F)(F)F)c2)cc1. The first-order valence-corrected chi connectivity index (χ1v) is 9.53. The lowest BCUT2D eigenvalue weighted by Gasteiger charge is -2.12. The van der Waals surface area contributed by atoms with Crippen LogP contribution in [0.2, 0.25) is 0 Å². The Kier molecular flexibility index (Phi) is 5.15. The van der Waals surface area contributed by atoms with Crippen molar-refractivity contribution in [3.05, 3.63) is 89.0 Å². The highest BCUT2D eigenvalue weighted by Crippen LogP contribution is 2.36. The highest BCUT2D eigenvalue weighted by atomic mass is 32.2. The molecule has 0 nitrogen and oxygen atoms in total. The van der Waals surface area contributed by atoms with E-state index in [1.165, 1.54) is 12.1 Å². The summed E-state index contributed by atoms with van der Waals surface area (Å²) < 4.78 is 40.0. The monoisotopic (exact) mass is 373 g/mol. The fraction of sp³-hybridized carbons (Fsp3) is 0.182. The number of hydrogen-bond donors (Lipinski definition) is 0. The summed E-state index contributed by atoms with van der Waals surface area (Å²) >= 11 is 0. The molecule has 0 bridgehead atoms. The highest BCUT2D eigenvalue weighted by molar-refractivity contribution is 7.97. The Balaban J connectivity index is 2.19. The Hall–Kier alpha value is -2.20. The summed E-state index contributed by atoms with van der Waals surface area (Å²) in [5, 5.41) is 0. The second-order valence-electron chi connectivity index (χ2n) is 6.46. The maximum absolute atomic E-state index is 13.3. The van der Waals surface area contributed by atoms with Gasteiger partial charge in [0, 0.05) is 6.07 Å². The summed E-state index contributed by atoms with van der Waals surface area (Å²) in [5.41, 5.74) is 2.28. The molecule has 0 aromatic heterocycles. The van der Waals surface area contributed by atoms with Gasteiger partial charge < -0.3 is 0 Å². The Morgan fingerprint density at radius 2 is 1.04 bits per heavy atom. The first kappa shape index (κ1) is 18.6. The second kappa shape index (κ2) is 7.20. The maximum atomic E-state index is 13.3. The molecule has 0 atom stereocenters. The molecule has 0 saturated carbocycles. The van der Waals surface area contributed by atoms with Gasteiger partial charge in [0.05, 0.1) is 16.5 Å². The van der Waals surface area contributed by atoms with Gasteiger partial charge in [-0.05, 0) is 62.7 Å². The predicted molar refractivity (Wildman–Crippen MR) is 101 cm³/mol. The number of benzene rings is 3. The lowest BCUT2D eigenvalue weighted by molar-refractivity contribution is -0.137. The van der Waals surface area contributed by atoms with Crippen molar-refractivity contribution >= 4 is 10.9 Å². The first-order valence-electron chi connectivity index (χ1n) is 8.30. The largest absolute Gasteiger partial charge is 0.416 e. The van der Waals surface area contributed by atoms with Gasteiger partial charge in [0.2, 0.25) is 0 Å². The summed E-state index contributed by atoms with van der Waals surface area (Å²) in [5.74, 6) is 0. The fourth-order valence-corrected chi connectivity index (χ4v) is 4.97. The van der Waals surface area contributed by atoms with Gasteiger partial charge in [-0.15, -0.1) is 0 Å². The lowest BCUT2D eigenvalue weighted by Crippen LogP contribution is -2.10. The number of hydrogen-bond acceptors (Lipinski definition) is 0. The van der Waals surface area contributed by atoms with Crippen molar-refractivity contribution in [3.8, 4) is 0 Å². The third-order valence-electron chi connectivity index (χ3n) is 4.13. The average molecular weight is 373 g/mol. The van der Waals surface area contributed by atoms with E-state index in [4.69, 9.17) is 0 Å². The van der Waals surface area contributed by atoms with Crippen molar-refractivity contribution in [2.75, 3.05) is 0 Å². The molecule has 0 aliphatic heterocycles. The molecule has 0 saturated heterocycles. The molecule has 0 aliphatic carbocycles. The van der Waals surface area contributed by atoms with E-state index in [0.717, 1.165) is 20.9 Å². The van der Waals surface area contributed by atoms with Crippen LogP contribution in [-0.4, -0.2) is 0 Å². The van der Waals surface area contributed by atoms with Crippen LogP contribution in [0.15, 0.2) is 81.4 Å². The first-order chi connectivity index (χ1) is 12.2. The topological polar surface area (TPSA) is 0 Å². The summed E-state index contributed by atoms with van der Waals surface area (Å²) in [7, 11) is -0.587. The van der Waals surface area contributed by atoms with Gasteiger partial charge in [-0.3, -0.25) is 0 Å². The highest BCUT2D eigenvalue weighted by Gasteiger charge is 2.35. The number of aryl methyl sites for hydroxylation is 3. The summed E-state index contributed by atoms with van der Waals surface area (Å²) in [6.07, 6.45) is -4.35. The minimum Gasteiger partial charge on any atom is -0.166 e. The Labute approximate surface area is 155 Å². The molecule has 3 rings (SSSR count). The smallest absolute Gasteiger partial charge is 0.166 e. The quantitative estimate of drug-likeness (QED) is 0.447. The van der Waals surface area contributed by atoms with Crippen LogP contribution < -0.4 is 0 Å². The predicted octanol–water partition coefficient (Wildman–Crippen LogP) is 6.73. The van der Waals surface area contributed by atoms with Crippen LogP contribution in [0.3, 0.4) is 0 Å². The molecule has 0 fully saturated rings. The Morgan fingerprint density at radius 1 is 0.577 bits per heavy atom. The summed E-state index contributed by atoms with van der Waals surface area (Å²) in [6.45, 7) is 5.72. The Morgan fingerprint density at radius 3 is 1.46 bits per heavy atom.